The van der Waals surface area contributed by atoms with Crippen LogP contribution in [0.25, 0.3) is 0 Å². The van der Waals surface area contributed by atoms with Crippen LogP contribution in [-0.2, 0) is 10.3 Å². The first-order valence-corrected chi connectivity index (χ1v) is 7.11. The van der Waals surface area contributed by atoms with Gasteiger partial charge in [0.05, 0.1) is 4.88 Å². The lowest BCUT2D eigenvalue weighted by Gasteiger charge is -2.28. The summed E-state index contributed by atoms with van der Waals surface area (Å²) in [4.78, 5) is 24.5. The SMILES string of the molecule is CC(NC(=O)c1cccs1)(C(N)=O)c1cccc(Cl)c1. The largest absolute Gasteiger partial charge is 0.367 e. The Morgan fingerprint density at radius 1 is 1.30 bits per heavy atom. The van der Waals surface area contributed by atoms with Crippen LogP contribution in [0.1, 0.15) is 22.2 Å². The monoisotopic (exact) mass is 308 g/mol. The maximum Gasteiger partial charge on any atom is 0.262 e. The van der Waals surface area contributed by atoms with Gasteiger partial charge < -0.3 is 11.1 Å². The molecule has 1 aromatic carbocycles. The average Bonchev–Trinajstić information content (AvgIpc) is 2.92. The van der Waals surface area contributed by atoms with Crippen molar-refractivity contribution in [2.75, 3.05) is 0 Å². The summed E-state index contributed by atoms with van der Waals surface area (Å²) in [6, 6.07) is 10.1. The van der Waals surface area contributed by atoms with Crippen molar-refractivity contribution >= 4 is 34.8 Å². The minimum atomic E-state index is -1.31. The normalized spacial score (nSPS) is 13.5. The summed E-state index contributed by atoms with van der Waals surface area (Å²) in [7, 11) is 0. The molecule has 1 aromatic heterocycles. The van der Waals surface area contributed by atoms with Crippen LogP contribution in [0.15, 0.2) is 41.8 Å². The molecule has 0 bridgehead atoms. The molecule has 0 fully saturated rings. The maximum atomic E-state index is 12.1. The zero-order chi connectivity index (χ0) is 14.8. The predicted molar refractivity (Wildman–Crippen MR) is 79.8 cm³/mol. The molecule has 6 heteroatoms. The quantitative estimate of drug-likeness (QED) is 0.911. The Morgan fingerprint density at radius 2 is 2.05 bits per heavy atom. The molecule has 4 nitrogen and oxygen atoms in total. The molecule has 0 saturated heterocycles. The van der Waals surface area contributed by atoms with Crippen LogP contribution in [0.3, 0.4) is 0 Å². The first kappa shape index (κ1) is 14.6. The summed E-state index contributed by atoms with van der Waals surface area (Å²) in [5.74, 6) is -0.994. The van der Waals surface area contributed by atoms with Crippen LogP contribution in [0.4, 0.5) is 0 Å². The number of hydrogen-bond donors (Lipinski definition) is 2. The van der Waals surface area contributed by atoms with E-state index in [1.54, 1.807) is 48.7 Å². The molecule has 20 heavy (non-hydrogen) atoms. The number of rotatable bonds is 4. The molecule has 2 rings (SSSR count). The molecule has 0 aliphatic rings. The van der Waals surface area contributed by atoms with Crippen molar-refractivity contribution in [1.29, 1.82) is 0 Å². The Hall–Kier alpha value is -1.85. The van der Waals surface area contributed by atoms with Gasteiger partial charge in [0.2, 0.25) is 5.91 Å². The molecular formula is C14H13ClN2O2S. The number of carbonyl (C=O) groups excluding carboxylic acids is 2. The van der Waals surface area contributed by atoms with E-state index >= 15 is 0 Å². The summed E-state index contributed by atoms with van der Waals surface area (Å²) in [5.41, 5.74) is 4.69. The lowest BCUT2D eigenvalue weighted by atomic mass is 9.91. The number of halogens is 1. The second-order valence-electron chi connectivity index (χ2n) is 4.43. The zero-order valence-electron chi connectivity index (χ0n) is 10.7. The van der Waals surface area contributed by atoms with Crippen molar-refractivity contribution in [2.45, 2.75) is 12.5 Å². The highest BCUT2D eigenvalue weighted by molar-refractivity contribution is 7.12. The second kappa shape index (κ2) is 5.64. The smallest absolute Gasteiger partial charge is 0.262 e. The molecule has 0 aliphatic heterocycles. The molecule has 3 N–H and O–H groups in total. The van der Waals surface area contributed by atoms with Gasteiger partial charge in [-0.1, -0.05) is 29.8 Å². The fourth-order valence-corrected chi connectivity index (χ4v) is 2.58. The topological polar surface area (TPSA) is 72.2 Å². The number of benzene rings is 1. The predicted octanol–water partition coefficient (Wildman–Crippen LogP) is 2.53. The molecule has 2 aromatic rings. The number of amides is 2. The van der Waals surface area contributed by atoms with E-state index in [1.807, 2.05) is 0 Å². The third-order valence-electron chi connectivity index (χ3n) is 3.00. The van der Waals surface area contributed by atoms with Crippen molar-refractivity contribution < 1.29 is 9.59 Å². The second-order valence-corrected chi connectivity index (χ2v) is 5.82. The Labute approximate surface area is 125 Å². The lowest BCUT2D eigenvalue weighted by molar-refractivity contribution is -0.123. The van der Waals surface area contributed by atoms with Crippen molar-refractivity contribution in [2.24, 2.45) is 5.73 Å². The minimum absolute atomic E-state index is 0.346. The molecule has 1 atom stereocenters. The number of nitrogens with two attached hydrogens (primary N) is 1. The highest BCUT2D eigenvalue weighted by Gasteiger charge is 2.35. The van der Waals surface area contributed by atoms with Gasteiger partial charge in [0.1, 0.15) is 5.54 Å². The summed E-state index contributed by atoms with van der Waals surface area (Å²) in [6.07, 6.45) is 0. The van der Waals surface area contributed by atoms with Crippen molar-refractivity contribution in [3.63, 3.8) is 0 Å². The first-order valence-electron chi connectivity index (χ1n) is 5.85. The minimum Gasteiger partial charge on any atom is -0.367 e. The fraction of sp³-hybridized carbons (Fsp3) is 0.143. The number of carbonyl (C=O) groups is 2. The van der Waals surface area contributed by atoms with Gasteiger partial charge in [-0.15, -0.1) is 11.3 Å². The van der Waals surface area contributed by atoms with E-state index in [0.717, 1.165) is 0 Å². The van der Waals surface area contributed by atoms with Crippen LogP contribution in [0, 0.1) is 0 Å². The number of primary amides is 1. The van der Waals surface area contributed by atoms with Gasteiger partial charge in [0.15, 0.2) is 0 Å². The standard InChI is InChI=1S/C14H13ClN2O2S/c1-14(13(16)19,9-4-2-5-10(15)8-9)17-12(18)11-6-3-7-20-11/h2-8H,1H3,(H2,16,19)(H,17,18). The summed E-state index contributed by atoms with van der Waals surface area (Å²) >= 11 is 7.22. The Bertz CT molecular complexity index is 642. The molecule has 104 valence electrons. The van der Waals surface area contributed by atoms with Crippen molar-refractivity contribution in [1.82, 2.24) is 5.32 Å². The fourth-order valence-electron chi connectivity index (χ4n) is 1.77. The molecule has 0 saturated carbocycles. The van der Waals surface area contributed by atoms with Crippen molar-refractivity contribution in [3.05, 3.63) is 57.2 Å². The van der Waals surface area contributed by atoms with E-state index in [4.69, 9.17) is 17.3 Å². The van der Waals surface area contributed by atoms with Gasteiger partial charge in [0.25, 0.3) is 5.91 Å². The van der Waals surface area contributed by atoms with Gasteiger partial charge in [-0.3, -0.25) is 9.59 Å². The molecule has 0 spiro atoms. The van der Waals surface area contributed by atoms with E-state index in [2.05, 4.69) is 5.32 Å². The van der Waals surface area contributed by atoms with Gasteiger partial charge in [-0.25, -0.2) is 0 Å². The molecular weight excluding hydrogens is 296 g/mol. The molecule has 2 amide bonds. The third kappa shape index (κ3) is 2.84. The molecule has 0 radical (unpaired) electrons. The van der Waals surface area contributed by atoms with E-state index in [-0.39, 0.29) is 5.91 Å². The van der Waals surface area contributed by atoms with Gasteiger partial charge in [-0.05, 0) is 36.1 Å². The number of hydrogen-bond acceptors (Lipinski definition) is 3. The van der Waals surface area contributed by atoms with Crippen LogP contribution in [0.2, 0.25) is 5.02 Å². The lowest BCUT2D eigenvalue weighted by Crippen LogP contribution is -2.52. The van der Waals surface area contributed by atoms with Crippen LogP contribution < -0.4 is 11.1 Å². The summed E-state index contributed by atoms with van der Waals surface area (Å²) < 4.78 is 0. The maximum absolute atomic E-state index is 12.1. The van der Waals surface area contributed by atoms with E-state index in [9.17, 15) is 9.59 Å². The zero-order valence-corrected chi connectivity index (χ0v) is 12.3. The third-order valence-corrected chi connectivity index (χ3v) is 4.11. The van der Waals surface area contributed by atoms with E-state index in [1.165, 1.54) is 11.3 Å². The van der Waals surface area contributed by atoms with Gasteiger partial charge in [-0.2, -0.15) is 0 Å². The van der Waals surface area contributed by atoms with Crippen LogP contribution in [-0.4, -0.2) is 11.8 Å². The molecule has 1 heterocycles. The van der Waals surface area contributed by atoms with E-state index in [0.29, 0.717) is 15.5 Å². The highest BCUT2D eigenvalue weighted by atomic mass is 35.5. The molecule has 0 aliphatic carbocycles. The number of nitrogens with one attached hydrogen (secondary N) is 1. The first-order chi connectivity index (χ1) is 9.43. The summed E-state index contributed by atoms with van der Waals surface area (Å²) in [6.45, 7) is 1.56. The number of thiophene rings is 1. The Balaban J connectivity index is 2.35. The Kier molecular flexibility index (Phi) is 4.11. The Morgan fingerprint density at radius 3 is 2.60 bits per heavy atom. The van der Waals surface area contributed by atoms with E-state index < -0.39 is 11.4 Å². The van der Waals surface area contributed by atoms with Crippen LogP contribution >= 0.6 is 22.9 Å². The highest BCUT2D eigenvalue weighted by Crippen LogP contribution is 2.24. The van der Waals surface area contributed by atoms with Gasteiger partial charge >= 0.3 is 0 Å². The summed E-state index contributed by atoms with van der Waals surface area (Å²) in [5, 5.41) is 4.94. The molecule has 1 unspecified atom stereocenters. The average molecular weight is 309 g/mol. The van der Waals surface area contributed by atoms with Gasteiger partial charge in [0, 0.05) is 5.02 Å². The van der Waals surface area contributed by atoms with Crippen LogP contribution in [0.5, 0.6) is 0 Å². The van der Waals surface area contributed by atoms with Crippen molar-refractivity contribution in [3.8, 4) is 0 Å².